The van der Waals surface area contributed by atoms with Crippen molar-refractivity contribution >= 4 is 11.4 Å². The number of nitrogens with one attached hydrogen (secondary N) is 1. The first kappa shape index (κ1) is 11.1. The van der Waals surface area contributed by atoms with E-state index < -0.39 is 4.92 Å². The zero-order valence-electron chi connectivity index (χ0n) is 9.30. The number of aromatic nitrogens is 2. The molecule has 1 aromatic carbocycles. The van der Waals surface area contributed by atoms with Crippen LogP contribution in [0.4, 0.5) is 11.4 Å². The summed E-state index contributed by atoms with van der Waals surface area (Å²) in [5.41, 5.74) is 0.937. The van der Waals surface area contributed by atoms with E-state index in [0.717, 1.165) is 0 Å². The predicted octanol–water partition coefficient (Wildman–Crippen LogP) is 1.99. The van der Waals surface area contributed by atoms with Crippen molar-refractivity contribution < 1.29 is 9.45 Å². The normalized spacial score (nSPS) is 10.2. The fourth-order valence-corrected chi connectivity index (χ4v) is 1.44. The van der Waals surface area contributed by atoms with Gasteiger partial charge in [-0.1, -0.05) is 5.16 Å². The van der Waals surface area contributed by atoms with Gasteiger partial charge in [0.15, 0.2) is 5.82 Å². The fourth-order valence-electron chi connectivity index (χ4n) is 1.44. The Labute approximate surface area is 96.6 Å². The van der Waals surface area contributed by atoms with Gasteiger partial charge in [0.05, 0.1) is 4.92 Å². The third-order valence-corrected chi connectivity index (χ3v) is 2.24. The van der Waals surface area contributed by atoms with Gasteiger partial charge >= 0.3 is 0 Å². The molecule has 0 saturated carbocycles. The largest absolute Gasteiger partial charge is 0.383 e. The number of hydrogen-bond donors (Lipinski definition) is 1. The molecule has 2 rings (SSSR count). The number of hydrogen-bond acceptors (Lipinski definition) is 6. The smallest absolute Gasteiger partial charge is 0.293 e. The molecule has 0 fully saturated rings. The van der Waals surface area contributed by atoms with Crippen LogP contribution >= 0.6 is 0 Å². The molecule has 0 saturated heterocycles. The lowest BCUT2D eigenvalue weighted by Gasteiger charge is -2.02. The standard InChI is InChI=1S/C10H10N4O3/c1-6-12-10(17-13-6)7-3-4-8(11-2)9(5-7)14(15)16/h3-5,11H,1-2H3. The molecule has 0 aliphatic carbocycles. The molecule has 1 heterocycles. The minimum atomic E-state index is -0.460. The Bertz CT molecular complexity index is 564. The van der Waals surface area contributed by atoms with E-state index in [1.807, 2.05) is 0 Å². The summed E-state index contributed by atoms with van der Waals surface area (Å²) < 4.78 is 4.95. The SMILES string of the molecule is CNc1ccc(-c2nc(C)no2)cc1[N+](=O)[O-]. The minimum absolute atomic E-state index is 0.0270. The molecule has 0 atom stereocenters. The van der Waals surface area contributed by atoms with E-state index in [9.17, 15) is 10.1 Å². The summed E-state index contributed by atoms with van der Waals surface area (Å²) in [6.45, 7) is 1.68. The van der Waals surface area contributed by atoms with Crippen LogP contribution in [-0.2, 0) is 0 Å². The second kappa shape index (κ2) is 4.20. The molecule has 88 valence electrons. The molecule has 2 aromatic rings. The molecule has 1 N–H and O–H groups in total. The fraction of sp³-hybridized carbons (Fsp3) is 0.200. The van der Waals surface area contributed by atoms with Crippen LogP contribution in [0.2, 0.25) is 0 Å². The number of benzene rings is 1. The van der Waals surface area contributed by atoms with E-state index in [0.29, 0.717) is 17.1 Å². The van der Waals surface area contributed by atoms with E-state index in [-0.39, 0.29) is 11.6 Å². The van der Waals surface area contributed by atoms with Crippen LogP contribution in [0.3, 0.4) is 0 Å². The molecule has 1 aromatic heterocycles. The van der Waals surface area contributed by atoms with Gasteiger partial charge in [0.25, 0.3) is 11.6 Å². The highest BCUT2D eigenvalue weighted by Gasteiger charge is 2.16. The average molecular weight is 234 g/mol. The van der Waals surface area contributed by atoms with E-state index in [1.165, 1.54) is 6.07 Å². The van der Waals surface area contributed by atoms with Crippen LogP contribution in [0, 0.1) is 17.0 Å². The Morgan fingerprint density at radius 2 is 2.24 bits per heavy atom. The lowest BCUT2D eigenvalue weighted by atomic mass is 10.1. The van der Waals surface area contributed by atoms with Gasteiger partial charge in [-0.15, -0.1) is 0 Å². The van der Waals surface area contributed by atoms with E-state index in [4.69, 9.17) is 4.52 Å². The summed E-state index contributed by atoms with van der Waals surface area (Å²) >= 11 is 0. The van der Waals surface area contributed by atoms with Gasteiger partial charge in [-0.25, -0.2) is 0 Å². The summed E-state index contributed by atoms with van der Waals surface area (Å²) in [7, 11) is 1.62. The molecule has 0 amide bonds. The van der Waals surface area contributed by atoms with Gasteiger partial charge in [0.2, 0.25) is 0 Å². The predicted molar refractivity (Wildman–Crippen MR) is 60.7 cm³/mol. The second-order valence-corrected chi connectivity index (χ2v) is 3.39. The molecule has 7 nitrogen and oxygen atoms in total. The van der Waals surface area contributed by atoms with Crippen molar-refractivity contribution in [1.82, 2.24) is 10.1 Å². The number of anilines is 1. The number of aryl methyl sites for hydroxylation is 1. The van der Waals surface area contributed by atoms with Gasteiger partial charge in [0, 0.05) is 18.7 Å². The summed E-state index contributed by atoms with van der Waals surface area (Å²) in [5, 5.41) is 17.3. The minimum Gasteiger partial charge on any atom is -0.383 e. The molecular formula is C10H10N4O3. The maximum atomic E-state index is 10.9. The molecule has 0 aliphatic rings. The van der Waals surface area contributed by atoms with Crippen LogP contribution in [0.1, 0.15) is 5.82 Å². The lowest BCUT2D eigenvalue weighted by molar-refractivity contribution is -0.383. The second-order valence-electron chi connectivity index (χ2n) is 3.39. The topological polar surface area (TPSA) is 94.1 Å². The van der Waals surface area contributed by atoms with Crippen molar-refractivity contribution in [1.29, 1.82) is 0 Å². The van der Waals surface area contributed by atoms with Gasteiger partial charge in [-0.05, 0) is 19.1 Å². The molecular weight excluding hydrogens is 224 g/mol. The highest BCUT2D eigenvalue weighted by Crippen LogP contribution is 2.29. The van der Waals surface area contributed by atoms with Crippen molar-refractivity contribution in [3.8, 4) is 11.5 Å². The number of nitro groups is 1. The van der Waals surface area contributed by atoms with Crippen LogP contribution in [0.5, 0.6) is 0 Å². The number of nitrogens with zero attached hydrogens (tertiary/aromatic N) is 3. The average Bonchev–Trinajstić information content (AvgIpc) is 2.75. The maximum Gasteiger partial charge on any atom is 0.293 e. The Hall–Kier alpha value is -2.44. The van der Waals surface area contributed by atoms with Crippen LogP contribution in [0.25, 0.3) is 11.5 Å². The van der Waals surface area contributed by atoms with Gasteiger partial charge in [-0.2, -0.15) is 4.98 Å². The van der Waals surface area contributed by atoms with Crippen molar-refractivity contribution in [3.05, 3.63) is 34.1 Å². The van der Waals surface area contributed by atoms with Crippen LogP contribution < -0.4 is 5.32 Å². The maximum absolute atomic E-state index is 10.9. The monoisotopic (exact) mass is 234 g/mol. The summed E-state index contributed by atoms with van der Waals surface area (Å²) in [4.78, 5) is 14.4. The molecule has 0 aliphatic heterocycles. The molecule has 17 heavy (non-hydrogen) atoms. The van der Waals surface area contributed by atoms with Gasteiger partial charge < -0.3 is 9.84 Å². The van der Waals surface area contributed by atoms with Gasteiger partial charge in [-0.3, -0.25) is 10.1 Å². The zero-order chi connectivity index (χ0) is 12.4. The lowest BCUT2D eigenvalue weighted by Crippen LogP contribution is -1.96. The Balaban J connectivity index is 2.50. The Morgan fingerprint density at radius 3 is 2.76 bits per heavy atom. The number of nitro benzene ring substituents is 1. The quantitative estimate of drug-likeness (QED) is 0.644. The molecule has 0 radical (unpaired) electrons. The molecule has 0 spiro atoms. The van der Waals surface area contributed by atoms with Crippen LogP contribution in [-0.4, -0.2) is 22.1 Å². The third-order valence-electron chi connectivity index (χ3n) is 2.24. The van der Waals surface area contributed by atoms with Crippen molar-refractivity contribution in [3.63, 3.8) is 0 Å². The Morgan fingerprint density at radius 1 is 1.47 bits per heavy atom. The first-order chi connectivity index (χ1) is 8.11. The first-order valence-electron chi connectivity index (χ1n) is 4.88. The van der Waals surface area contributed by atoms with Crippen molar-refractivity contribution in [2.75, 3.05) is 12.4 Å². The van der Waals surface area contributed by atoms with Crippen molar-refractivity contribution in [2.24, 2.45) is 0 Å². The van der Waals surface area contributed by atoms with Crippen LogP contribution in [0.15, 0.2) is 22.7 Å². The van der Waals surface area contributed by atoms with Crippen molar-refractivity contribution in [2.45, 2.75) is 6.92 Å². The molecule has 0 unspecified atom stereocenters. The number of rotatable bonds is 3. The van der Waals surface area contributed by atoms with E-state index in [2.05, 4.69) is 15.5 Å². The highest BCUT2D eigenvalue weighted by atomic mass is 16.6. The third kappa shape index (κ3) is 2.07. The van der Waals surface area contributed by atoms with E-state index >= 15 is 0 Å². The summed E-state index contributed by atoms with van der Waals surface area (Å²) in [6.07, 6.45) is 0. The summed E-state index contributed by atoms with van der Waals surface area (Å²) in [6, 6.07) is 4.69. The Kier molecular flexibility index (Phi) is 2.73. The zero-order valence-corrected chi connectivity index (χ0v) is 9.30. The highest BCUT2D eigenvalue weighted by molar-refractivity contribution is 5.69. The molecule has 0 bridgehead atoms. The molecule has 7 heteroatoms. The van der Waals surface area contributed by atoms with Gasteiger partial charge in [0.1, 0.15) is 5.69 Å². The van der Waals surface area contributed by atoms with E-state index in [1.54, 1.807) is 26.1 Å². The summed E-state index contributed by atoms with van der Waals surface area (Å²) in [5.74, 6) is 0.758. The first-order valence-corrected chi connectivity index (χ1v) is 4.88.